The van der Waals surface area contributed by atoms with E-state index in [1.807, 2.05) is 30.3 Å². The van der Waals surface area contributed by atoms with Crippen LogP contribution in [0.15, 0.2) is 59.5 Å². The number of rotatable bonds is 4. The molecule has 0 saturated carbocycles. The van der Waals surface area contributed by atoms with Crippen molar-refractivity contribution in [3.63, 3.8) is 0 Å². The smallest absolute Gasteiger partial charge is 0.275 e. The maximum atomic E-state index is 12.6. The Labute approximate surface area is 152 Å². The largest absolute Gasteiger partial charge is 0.497 e. The van der Waals surface area contributed by atoms with Crippen LogP contribution in [0.5, 0.6) is 5.75 Å². The Hall–Kier alpha value is -2.66. The van der Waals surface area contributed by atoms with Gasteiger partial charge in [-0.1, -0.05) is 30.3 Å². The fourth-order valence-electron chi connectivity index (χ4n) is 3.72. The van der Waals surface area contributed by atoms with E-state index in [1.54, 1.807) is 18.0 Å². The summed E-state index contributed by atoms with van der Waals surface area (Å²) in [6, 6.07) is 16.0. The van der Waals surface area contributed by atoms with Crippen molar-refractivity contribution in [3.8, 4) is 5.75 Å². The number of aromatic nitrogens is 2. The topological polar surface area (TPSA) is 47.4 Å². The van der Waals surface area contributed by atoms with E-state index < -0.39 is 0 Å². The standard InChI is InChI=1S/C21H23N3O2/c1-26-19-7-4-6-17(13-19)16-9-11-23(12-10-16)15-24-21(25)20-8-3-2-5-18(20)14-22-24/h2-8,13-14,16H,9-12,15H2,1H3. The second kappa shape index (κ2) is 7.30. The first kappa shape index (κ1) is 16.8. The normalized spacial score (nSPS) is 16.0. The molecule has 5 nitrogen and oxygen atoms in total. The Bertz CT molecular complexity index is 959. The summed E-state index contributed by atoms with van der Waals surface area (Å²) in [5.41, 5.74) is 1.32. The third-order valence-electron chi connectivity index (χ3n) is 5.25. The molecule has 0 N–H and O–H groups in total. The predicted molar refractivity (Wildman–Crippen MR) is 103 cm³/mol. The molecule has 3 aromatic rings. The van der Waals surface area contributed by atoms with Crippen LogP contribution in [0, 0.1) is 0 Å². The minimum Gasteiger partial charge on any atom is -0.497 e. The van der Waals surface area contributed by atoms with E-state index in [4.69, 9.17) is 4.74 Å². The Morgan fingerprint density at radius 1 is 1.12 bits per heavy atom. The maximum Gasteiger partial charge on any atom is 0.275 e. The summed E-state index contributed by atoms with van der Waals surface area (Å²) in [7, 11) is 1.70. The molecule has 0 spiro atoms. The highest BCUT2D eigenvalue weighted by atomic mass is 16.5. The quantitative estimate of drug-likeness (QED) is 0.725. The molecule has 1 fully saturated rings. The first-order chi connectivity index (χ1) is 12.7. The van der Waals surface area contributed by atoms with Gasteiger partial charge in [0, 0.05) is 18.5 Å². The summed E-state index contributed by atoms with van der Waals surface area (Å²) in [6.45, 7) is 2.47. The molecule has 0 unspecified atom stereocenters. The Morgan fingerprint density at radius 3 is 2.73 bits per heavy atom. The molecule has 0 atom stereocenters. The van der Waals surface area contributed by atoms with Gasteiger partial charge in [0.15, 0.2) is 0 Å². The van der Waals surface area contributed by atoms with Crippen molar-refractivity contribution in [2.75, 3.05) is 20.2 Å². The number of ether oxygens (including phenoxy) is 1. The average molecular weight is 349 g/mol. The molecule has 2 heterocycles. The number of hydrogen-bond acceptors (Lipinski definition) is 4. The Morgan fingerprint density at radius 2 is 1.92 bits per heavy atom. The molecular weight excluding hydrogens is 326 g/mol. The third kappa shape index (κ3) is 3.35. The SMILES string of the molecule is COc1cccc(C2CCN(Cn3ncc4ccccc4c3=O)CC2)c1. The average Bonchev–Trinajstić information content (AvgIpc) is 2.71. The third-order valence-corrected chi connectivity index (χ3v) is 5.25. The highest BCUT2D eigenvalue weighted by Crippen LogP contribution is 2.30. The molecule has 1 saturated heterocycles. The second-order valence-electron chi connectivity index (χ2n) is 6.85. The van der Waals surface area contributed by atoms with Gasteiger partial charge in [-0.05, 0) is 42.5 Å². The summed E-state index contributed by atoms with van der Waals surface area (Å²) < 4.78 is 6.91. The van der Waals surface area contributed by atoms with Gasteiger partial charge in [0.25, 0.3) is 5.56 Å². The van der Waals surface area contributed by atoms with Crippen molar-refractivity contribution < 1.29 is 4.74 Å². The van der Waals surface area contributed by atoms with Gasteiger partial charge in [0.1, 0.15) is 5.75 Å². The van der Waals surface area contributed by atoms with Crippen molar-refractivity contribution in [2.45, 2.75) is 25.4 Å². The second-order valence-corrected chi connectivity index (χ2v) is 6.85. The van der Waals surface area contributed by atoms with Crippen LogP contribution in [0.3, 0.4) is 0 Å². The fourth-order valence-corrected chi connectivity index (χ4v) is 3.72. The summed E-state index contributed by atoms with van der Waals surface area (Å²) in [6.07, 6.45) is 3.94. The Balaban J connectivity index is 1.44. The van der Waals surface area contributed by atoms with Crippen LogP contribution in [-0.4, -0.2) is 34.9 Å². The van der Waals surface area contributed by atoms with E-state index in [0.29, 0.717) is 12.6 Å². The van der Waals surface area contributed by atoms with Gasteiger partial charge >= 0.3 is 0 Å². The van der Waals surface area contributed by atoms with Crippen molar-refractivity contribution >= 4 is 10.8 Å². The van der Waals surface area contributed by atoms with Gasteiger partial charge in [-0.25, -0.2) is 4.68 Å². The van der Waals surface area contributed by atoms with Crippen molar-refractivity contribution in [3.05, 3.63) is 70.6 Å². The highest BCUT2D eigenvalue weighted by Gasteiger charge is 2.21. The molecule has 4 rings (SSSR count). The number of hydrogen-bond donors (Lipinski definition) is 0. The van der Waals surface area contributed by atoms with Crippen LogP contribution < -0.4 is 10.3 Å². The summed E-state index contributed by atoms with van der Waals surface area (Å²) in [4.78, 5) is 14.9. The molecule has 1 aromatic heterocycles. The summed E-state index contributed by atoms with van der Waals surface area (Å²) in [5.74, 6) is 1.46. The van der Waals surface area contributed by atoms with Gasteiger partial charge in [-0.2, -0.15) is 5.10 Å². The van der Waals surface area contributed by atoms with Gasteiger partial charge in [-0.3, -0.25) is 9.69 Å². The zero-order valence-electron chi connectivity index (χ0n) is 15.0. The van der Waals surface area contributed by atoms with E-state index in [1.165, 1.54) is 5.56 Å². The van der Waals surface area contributed by atoms with Crippen LogP contribution in [0.4, 0.5) is 0 Å². The lowest BCUT2D eigenvalue weighted by Gasteiger charge is -2.32. The molecule has 5 heteroatoms. The van der Waals surface area contributed by atoms with Gasteiger partial charge in [0.2, 0.25) is 0 Å². The number of piperidine rings is 1. The van der Waals surface area contributed by atoms with E-state index in [2.05, 4.69) is 28.2 Å². The molecule has 1 aliphatic rings. The van der Waals surface area contributed by atoms with E-state index in [-0.39, 0.29) is 5.56 Å². The highest BCUT2D eigenvalue weighted by molar-refractivity contribution is 5.80. The molecule has 0 aliphatic carbocycles. The van der Waals surface area contributed by atoms with Gasteiger partial charge in [-0.15, -0.1) is 0 Å². The molecule has 0 amide bonds. The van der Waals surface area contributed by atoms with Crippen LogP contribution >= 0.6 is 0 Å². The van der Waals surface area contributed by atoms with Crippen LogP contribution in [0.25, 0.3) is 10.8 Å². The fraction of sp³-hybridized carbons (Fsp3) is 0.333. The molecule has 134 valence electrons. The van der Waals surface area contributed by atoms with E-state index in [9.17, 15) is 4.79 Å². The zero-order valence-corrected chi connectivity index (χ0v) is 15.0. The minimum atomic E-state index is -0.0157. The molecule has 1 aliphatic heterocycles. The first-order valence-corrected chi connectivity index (χ1v) is 9.06. The number of likely N-dealkylation sites (tertiary alicyclic amines) is 1. The van der Waals surface area contributed by atoms with Crippen molar-refractivity contribution in [2.24, 2.45) is 0 Å². The molecule has 26 heavy (non-hydrogen) atoms. The van der Waals surface area contributed by atoms with Crippen LogP contribution in [0.1, 0.15) is 24.3 Å². The first-order valence-electron chi connectivity index (χ1n) is 9.06. The lowest BCUT2D eigenvalue weighted by Crippen LogP contribution is -2.38. The Kier molecular flexibility index (Phi) is 4.71. The molecular formula is C21H23N3O2. The van der Waals surface area contributed by atoms with Crippen molar-refractivity contribution in [1.29, 1.82) is 0 Å². The lowest BCUT2D eigenvalue weighted by molar-refractivity contribution is 0.158. The number of fused-ring (bicyclic) bond motifs is 1. The molecule has 0 bridgehead atoms. The number of benzene rings is 2. The summed E-state index contributed by atoms with van der Waals surface area (Å²) in [5, 5.41) is 5.97. The summed E-state index contributed by atoms with van der Waals surface area (Å²) >= 11 is 0. The number of nitrogens with zero attached hydrogens (tertiary/aromatic N) is 3. The minimum absolute atomic E-state index is 0.0157. The predicted octanol–water partition coefficient (Wildman–Crippen LogP) is 3.24. The van der Waals surface area contributed by atoms with Gasteiger partial charge in [0.05, 0.1) is 25.4 Å². The number of methoxy groups -OCH3 is 1. The van der Waals surface area contributed by atoms with Crippen LogP contribution in [0.2, 0.25) is 0 Å². The lowest BCUT2D eigenvalue weighted by atomic mass is 9.89. The van der Waals surface area contributed by atoms with Crippen molar-refractivity contribution in [1.82, 2.24) is 14.7 Å². The van der Waals surface area contributed by atoms with E-state index >= 15 is 0 Å². The van der Waals surface area contributed by atoms with E-state index in [0.717, 1.165) is 42.5 Å². The maximum absolute atomic E-state index is 12.6. The van der Waals surface area contributed by atoms with Crippen LogP contribution in [-0.2, 0) is 6.67 Å². The molecule has 0 radical (unpaired) electrons. The molecule has 2 aromatic carbocycles. The zero-order chi connectivity index (χ0) is 17.9. The van der Waals surface area contributed by atoms with Gasteiger partial charge < -0.3 is 4.74 Å². The monoisotopic (exact) mass is 349 g/mol.